The zero-order valence-electron chi connectivity index (χ0n) is 16.6. The molecule has 5 N–H and O–H groups in total. The third kappa shape index (κ3) is 3.93. The number of ketones is 1. The first-order valence-electron chi connectivity index (χ1n) is 9.72. The van der Waals surface area contributed by atoms with Gasteiger partial charge in [0.1, 0.15) is 23.9 Å². The van der Waals surface area contributed by atoms with Crippen LogP contribution in [-0.4, -0.2) is 66.4 Å². The number of ether oxygens (including phenoxy) is 2. The number of hydrogen-bond acceptors (Lipinski definition) is 10. The highest BCUT2D eigenvalue weighted by atomic mass is 16.6. The van der Waals surface area contributed by atoms with Gasteiger partial charge in [-0.25, -0.2) is 4.98 Å². The number of nitrogen functional groups attached to an aromatic ring is 1. The average Bonchev–Trinajstić information content (AvgIpc) is 3.24. The molecule has 0 amide bonds. The van der Waals surface area contributed by atoms with Crippen molar-refractivity contribution in [2.75, 3.05) is 12.3 Å². The molecule has 0 radical (unpaired) electrons. The standard InChI is InChI=1S/C18H25N5O7/c1-3-5-9(25)8(4-2)17(28)30-13-12(26)10(6-24)29-16(13)23-7-20-11-14(23)21-18(19)22-15(11)27/h7-8,10,12-13,16,24,26H,3-6H2,1-2H3,(H3,19,21,22,27)/t8?,10-,12-,13-,16-/m1/s1. The number of carbonyl (C=O) groups excluding carboxylic acids is 2. The Balaban J connectivity index is 1.95. The number of anilines is 1. The van der Waals surface area contributed by atoms with Crippen LogP contribution in [0.5, 0.6) is 0 Å². The maximum Gasteiger partial charge on any atom is 0.316 e. The molecule has 5 atom stereocenters. The van der Waals surface area contributed by atoms with Gasteiger partial charge < -0.3 is 25.4 Å². The van der Waals surface area contributed by atoms with Crippen LogP contribution in [0.2, 0.25) is 0 Å². The zero-order chi connectivity index (χ0) is 22.0. The smallest absolute Gasteiger partial charge is 0.316 e. The van der Waals surface area contributed by atoms with Crippen LogP contribution in [0.15, 0.2) is 11.1 Å². The predicted octanol–water partition coefficient (Wildman–Crippen LogP) is -0.740. The fourth-order valence-corrected chi connectivity index (χ4v) is 3.51. The average molecular weight is 423 g/mol. The maximum atomic E-state index is 12.7. The Labute approximate surface area is 171 Å². The number of aliphatic hydroxyl groups is 2. The van der Waals surface area contributed by atoms with Crippen molar-refractivity contribution in [1.82, 2.24) is 19.5 Å². The van der Waals surface area contributed by atoms with Gasteiger partial charge >= 0.3 is 5.97 Å². The number of nitrogens with two attached hydrogens (primary N) is 1. The van der Waals surface area contributed by atoms with Crippen molar-refractivity contribution in [2.45, 2.75) is 57.6 Å². The summed E-state index contributed by atoms with van der Waals surface area (Å²) in [6.07, 6.45) is -2.53. The fourth-order valence-electron chi connectivity index (χ4n) is 3.51. The number of nitrogens with zero attached hydrogens (tertiary/aromatic N) is 3. The molecule has 30 heavy (non-hydrogen) atoms. The summed E-state index contributed by atoms with van der Waals surface area (Å²) in [7, 11) is 0. The van der Waals surface area contributed by atoms with Crippen molar-refractivity contribution in [3.8, 4) is 0 Å². The van der Waals surface area contributed by atoms with Gasteiger partial charge in [-0.1, -0.05) is 13.8 Å². The number of Topliss-reactive ketones (excluding diaryl/α,β-unsaturated/α-hetero) is 1. The molecule has 2 aromatic heterocycles. The van der Waals surface area contributed by atoms with Crippen LogP contribution in [0.25, 0.3) is 11.2 Å². The summed E-state index contributed by atoms with van der Waals surface area (Å²) < 4.78 is 12.4. The molecule has 0 saturated carbocycles. The van der Waals surface area contributed by atoms with Crippen molar-refractivity contribution < 1.29 is 29.3 Å². The van der Waals surface area contributed by atoms with E-state index in [1.165, 1.54) is 10.9 Å². The molecule has 3 heterocycles. The summed E-state index contributed by atoms with van der Waals surface area (Å²) in [5, 5.41) is 20.1. The number of aliphatic hydroxyl groups excluding tert-OH is 2. The van der Waals surface area contributed by atoms with Gasteiger partial charge in [-0.15, -0.1) is 0 Å². The van der Waals surface area contributed by atoms with Crippen LogP contribution in [0, 0.1) is 5.92 Å². The Hall–Kier alpha value is -2.83. The van der Waals surface area contributed by atoms with Gasteiger partial charge in [0, 0.05) is 6.42 Å². The second kappa shape index (κ2) is 8.90. The van der Waals surface area contributed by atoms with Crippen LogP contribution in [-0.2, 0) is 19.1 Å². The largest absolute Gasteiger partial charge is 0.454 e. The van der Waals surface area contributed by atoms with Crippen LogP contribution in [0.3, 0.4) is 0 Å². The van der Waals surface area contributed by atoms with E-state index in [0.717, 1.165) is 0 Å². The second-order valence-electron chi connectivity index (χ2n) is 7.09. The maximum absolute atomic E-state index is 12.7. The molecule has 1 saturated heterocycles. The Bertz CT molecular complexity index is 987. The van der Waals surface area contributed by atoms with E-state index >= 15 is 0 Å². The van der Waals surface area contributed by atoms with E-state index < -0.39 is 48.6 Å². The lowest BCUT2D eigenvalue weighted by Crippen LogP contribution is -2.39. The number of nitrogens with one attached hydrogen (secondary N) is 1. The van der Waals surface area contributed by atoms with E-state index in [1.54, 1.807) is 6.92 Å². The summed E-state index contributed by atoms with van der Waals surface area (Å²) in [6.45, 7) is 2.98. The minimum Gasteiger partial charge on any atom is -0.454 e. The summed E-state index contributed by atoms with van der Waals surface area (Å²) in [5.41, 5.74) is 5.07. The van der Waals surface area contributed by atoms with Gasteiger partial charge in [0.25, 0.3) is 5.56 Å². The van der Waals surface area contributed by atoms with Crippen molar-refractivity contribution >= 4 is 28.9 Å². The molecular formula is C18H25N5O7. The molecule has 2 aromatic rings. The molecule has 1 fully saturated rings. The van der Waals surface area contributed by atoms with E-state index in [9.17, 15) is 24.6 Å². The number of rotatable bonds is 8. The molecule has 0 aliphatic carbocycles. The Morgan fingerprint density at radius 3 is 2.80 bits per heavy atom. The molecule has 12 nitrogen and oxygen atoms in total. The number of H-pyrrole nitrogens is 1. The minimum atomic E-state index is -1.38. The fraction of sp³-hybridized carbons (Fsp3) is 0.611. The molecule has 12 heteroatoms. The zero-order valence-corrected chi connectivity index (χ0v) is 16.6. The Kier molecular flexibility index (Phi) is 6.48. The monoisotopic (exact) mass is 423 g/mol. The molecule has 1 aliphatic heterocycles. The Morgan fingerprint density at radius 1 is 1.43 bits per heavy atom. The van der Waals surface area contributed by atoms with E-state index in [-0.39, 0.29) is 35.7 Å². The number of aromatic nitrogens is 4. The van der Waals surface area contributed by atoms with Gasteiger partial charge in [-0.2, -0.15) is 4.98 Å². The second-order valence-corrected chi connectivity index (χ2v) is 7.09. The summed E-state index contributed by atoms with van der Waals surface area (Å²) in [6, 6.07) is 0. The van der Waals surface area contributed by atoms with Gasteiger partial charge in [0.15, 0.2) is 23.5 Å². The van der Waals surface area contributed by atoms with Crippen molar-refractivity contribution in [2.24, 2.45) is 5.92 Å². The summed E-state index contributed by atoms with van der Waals surface area (Å²) in [5.74, 6) is -2.16. The molecule has 3 rings (SSSR count). The highest BCUT2D eigenvalue weighted by molar-refractivity contribution is 5.99. The quantitative estimate of drug-likeness (QED) is 0.311. The molecule has 0 spiro atoms. The third-order valence-corrected chi connectivity index (χ3v) is 5.05. The topological polar surface area (TPSA) is 183 Å². The molecule has 164 valence electrons. The molecule has 0 bridgehead atoms. The number of aromatic amines is 1. The van der Waals surface area contributed by atoms with Crippen LogP contribution < -0.4 is 11.3 Å². The number of fused-ring (bicyclic) bond motifs is 1. The lowest BCUT2D eigenvalue weighted by molar-refractivity contribution is -0.165. The summed E-state index contributed by atoms with van der Waals surface area (Å²) >= 11 is 0. The van der Waals surface area contributed by atoms with Crippen molar-refractivity contribution in [1.29, 1.82) is 0 Å². The summed E-state index contributed by atoms with van der Waals surface area (Å²) in [4.78, 5) is 47.3. The van der Waals surface area contributed by atoms with Gasteiger partial charge in [-0.05, 0) is 12.8 Å². The van der Waals surface area contributed by atoms with Gasteiger partial charge in [0.2, 0.25) is 5.95 Å². The minimum absolute atomic E-state index is 0.0237. The lowest BCUT2D eigenvalue weighted by Gasteiger charge is -2.24. The first kappa shape index (κ1) is 21.9. The molecular weight excluding hydrogens is 398 g/mol. The highest BCUT2D eigenvalue weighted by Crippen LogP contribution is 2.34. The molecule has 0 aromatic carbocycles. The van der Waals surface area contributed by atoms with E-state index in [1.807, 2.05) is 6.92 Å². The SMILES string of the molecule is CCCC(=O)C(CC)C(=O)O[C@@H]1[C@H](O)[C@@H](CO)O[C@H]1n1cnc2c(=O)[nH]c(N)nc21. The Morgan fingerprint density at radius 2 is 2.17 bits per heavy atom. The van der Waals surface area contributed by atoms with E-state index in [0.29, 0.717) is 6.42 Å². The first-order valence-corrected chi connectivity index (χ1v) is 9.72. The molecule has 1 unspecified atom stereocenters. The number of hydrogen-bond donors (Lipinski definition) is 4. The number of imidazole rings is 1. The lowest BCUT2D eigenvalue weighted by atomic mass is 9.98. The van der Waals surface area contributed by atoms with Crippen LogP contribution >= 0.6 is 0 Å². The van der Waals surface area contributed by atoms with E-state index in [2.05, 4.69) is 15.0 Å². The van der Waals surface area contributed by atoms with Crippen LogP contribution in [0.1, 0.15) is 39.3 Å². The normalized spacial score (nSPS) is 24.8. The van der Waals surface area contributed by atoms with Gasteiger partial charge in [0.05, 0.1) is 12.9 Å². The highest BCUT2D eigenvalue weighted by Gasteiger charge is 2.48. The van der Waals surface area contributed by atoms with Crippen LogP contribution in [0.4, 0.5) is 5.95 Å². The van der Waals surface area contributed by atoms with Gasteiger partial charge in [-0.3, -0.25) is 23.9 Å². The predicted molar refractivity (Wildman–Crippen MR) is 103 cm³/mol. The van der Waals surface area contributed by atoms with Crippen molar-refractivity contribution in [3.63, 3.8) is 0 Å². The third-order valence-electron chi connectivity index (χ3n) is 5.05. The van der Waals surface area contributed by atoms with E-state index in [4.69, 9.17) is 15.2 Å². The molecule has 1 aliphatic rings. The number of esters is 1. The first-order chi connectivity index (χ1) is 14.3. The number of carbonyl (C=O) groups is 2. The van der Waals surface area contributed by atoms with Crippen molar-refractivity contribution in [3.05, 3.63) is 16.7 Å².